The monoisotopic (exact) mass is 1110 g/mol. The molecule has 2 N–H and O–H groups in total. The summed E-state index contributed by atoms with van der Waals surface area (Å²) >= 11 is 0. The lowest BCUT2D eigenvalue weighted by Gasteiger charge is -2.27. The third kappa shape index (κ3) is 57.9. The second kappa shape index (κ2) is 57.4. The summed E-state index contributed by atoms with van der Waals surface area (Å²) in [7, 11) is 1.48. The summed E-state index contributed by atoms with van der Waals surface area (Å²) in [6.07, 6.45) is 75.7. The highest BCUT2D eigenvalue weighted by atomic mass is 31.2. The quantitative estimate of drug-likeness (QED) is 0.0205. The van der Waals surface area contributed by atoms with Crippen LogP contribution in [0.25, 0.3) is 0 Å². The molecule has 9 nitrogen and oxygen atoms in total. The zero-order valence-electron chi connectivity index (χ0n) is 51.6. The van der Waals surface area contributed by atoms with Crippen LogP contribution in [0.1, 0.15) is 284 Å². The van der Waals surface area contributed by atoms with E-state index in [1.807, 2.05) is 33.3 Å². The maximum Gasteiger partial charge on any atom is 0.472 e. The van der Waals surface area contributed by atoms with Crippen molar-refractivity contribution >= 4 is 19.7 Å². The van der Waals surface area contributed by atoms with Crippen molar-refractivity contribution in [2.24, 2.45) is 0 Å². The lowest BCUT2D eigenvalue weighted by molar-refractivity contribution is -0.870. The zero-order chi connectivity index (χ0) is 57.2. The van der Waals surface area contributed by atoms with E-state index in [9.17, 15) is 19.0 Å². The Morgan fingerprint density at radius 3 is 1.19 bits per heavy atom. The van der Waals surface area contributed by atoms with Crippen molar-refractivity contribution in [1.29, 1.82) is 0 Å². The number of carbonyl (C=O) groups is 2. The Hall–Kier alpha value is -2.81. The van der Waals surface area contributed by atoms with Crippen molar-refractivity contribution in [2.75, 3.05) is 40.9 Å². The number of esters is 1. The fourth-order valence-corrected chi connectivity index (χ4v) is 9.75. The number of allylic oxidation sites excluding steroid dienone is 13. The maximum absolute atomic E-state index is 13.6. The number of likely N-dealkylation sites (N-methyl/N-ethyl adjacent to an activating group) is 1. The van der Waals surface area contributed by atoms with Crippen LogP contribution in [0.3, 0.4) is 0 Å². The molecule has 0 rings (SSSR count). The van der Waals surface area contributed by atoms with Crippen molar-refractivity contribution < 1.29 is 37.3 Å². The molecular weight excluding hydrogens is 988 g/mol. The summed E-state index contributed by atoms with van der Waals surface area (Å²) in [5.74, 6) is -0.525. The fourth-order valence-electron chi connectivity index (χ4n) is 9.01. The van der Waals surface area contributed by atoms with Crippen molar-refractivity contribution in [3.05, 3.63) is 85.1 Å². The second-order valence-electron chi connectivity index (χ2n) is 22.9. The van der Waals surface area contributed by atoms with Crippen LogP contribution in [0.15, 0.2) is 85.1 Å². The minimum Gasteiger partial charge on any atom is -0.456 e. The Labute approximate surface area is 482 Å². The van der Waals surface area contributed by atoms with Crippen molar-refractivity contribution in [3.63, 3.8) is 0 Å². The largest absolute Gasteiger partial charge is 0.472 e. The molecule has 78 heavy (non-hydrogen) atoms. The van der Waals surface area contributed by atoms with Gasteiger partial charge in [0.1, 0.15) is 19.3 Å². The lowest BCUT2D eigenvalue weighted by atomic mass is 10.0. The van der Waals surface area contributed by atoms with E-state index < -0.39 is 20.0 Å². The molecule has 0 heterocycles. The average molecular weight is 1110 g/mol. The third-order valence-electron chi connectivity index (χ3n) is 14.1. The SMILES string of the molecule is CCCCC/C=C\C/C=C\C/C=C\C/C=C\CCCCCCCCCC(=O)OC(/C=C\CCCCCCCCCCCC)C(COP(=O)(O)OCC[N+](C)(C)C)NC(=O)CCCCCCCCC/C=C\C/C=C\CCCCC. The predicted octanol–water partition coefficient (Wildman–Crippen LogP) is 20.2. The number of quaternary nitrogens is 1. The minimum absolute atomic E-state index is 0.0335. The Morgan fingerprint density at radius 1 is 0.449 bits per heavy atom. The summed E-state index contributed by atoms with van der Waals surface area (Å²) in [4.78, 5) is 37.8. The topological polar surface area (TPSA) is 111 Å². The number of rotatable bonds is 58. The van der Waals surface area contributed by atoms with Crippen LogP contribution in [-0.4, -0.2) is 74.3 Å². The molecule has 0 spiro atoms. The number of hydrogen-bond acceptors (Lipinski definition) is 6. The van der Waals surface area contributed by atoms with Gasteiger partial charge in [-0.25, -0.2) is 4.57 Å². The van der Waals surface area contributed by atoms with E-state index in [2.05, 4.69) is 99.0 Å². The second-order valence-corrected chi connectivity index (χ2v) is 24.4. The molecule has 0 saturated heterocycles. The Morgan fingerprint density at radius 2 is 0.782 bits per heavy atom. The fraction of sp³-hybridized carbons (Fsp3) is 0.765. The van der Waals surface area contributed by atoms with E-state index in [1.165, 1.54) is 141 Å². The molecule has 0 aromatic heterocycles. The highest BCUT2D eigenvalue weighted by Crippen LogP contribution is 2.43. The van der Waals surface area contributed by atoms with Crippen molar-refractivity contribution in [1.82, 2.24) is 5.32 Å². The van der Waals surface area contributed by atoms with Gasteiger partial charge in [0.15, 0.2) is 0 Å². The number of phosphoric acid groups is 1. The van der Waals surface area contributed by atoms with Gasteiger partial charge in [-0.3, -0.25) is 18.6 Å². The van der Waals surface area contributed by atoms with E-state index in [1.54, 1.807) is 0 Å². The molecule has 0 bridgehead atoms. The van der Waals surface area contributed by atoms with E-state index in [-0.39, 0.29) is 31.5 Å². The number of ether oxygens (including phenoxy) is 1. The van der Waals surface area contributed by atoms with Crippen molar-refractivity contribution in [3.8, 4) is 0 Å². The van der Waals surface area contributed by atoms with E-state index >= 15 is 0 Å². The Balaban J connectivity index is 5.23. The average Bonchev–Trinajstić information content (AvgIpc) is 3.40. The molecule has 0 aliphatic rings. The van der Waals surface area contributed by atoms with Crippen molar-refractivity contribution in [2.45, 2.75) is 296 Å². The molecule has 0 aliphatic carbocycles. The standard InChI is InChI=1S/C68H123N2O7P/c1-7-10-13-16-19-22-25-28-30-32-33-34-35-36-37-39-41-43-46-49-52-55-58-61-68(72)77-66(59-56-53-50-47-44-27-24-21-18-15-12-9-3)65(64-76-78(73,74)75-63-62-70(4,5)6)69-67(71)60-57-54-51-48-45-42-40-38-31-29-26-23-20-17-14-11-8-2/h19-20,22-23,28-31,33-34,36-37,56,59,65-66H,7-18,21,24-27,32,35,38-55,57-58,60-64H2,1-6H3,(H-,69,71,73,74)/p+1/b22-19-,23-20-,30-28-,31-29-,34-33-,37-36-,59-56-. The first-order chi connectivity index (χ1) is 37.9. The Bertz CT molecular complexity index is 1610. The van der Waals surface area contributed by atoms with E-state index in [4.69, 9.17) is 13.8 Å². The van der Waals surface area contributed by atoms with Crippen LogP contribution in [0.2, 0.25) is 0 Å². The van der Waals surface area contributed by atoms with Crippen LogP contribution in [-0.2, 0) is 27.9 Å². The van der Waals surface area contributed by atoms with E-state index in [0.717, 1.165) is 109 Å². The number of carbonyl (C=O) groups excluding carboxylic acids is 2. The van der Waals surface area contributed by atoms with Gasteiger partial charge in [-0.2, -0.15) is 0 Å². The van der Waals surface area contributed by atoms with Gasteiger partial charge in [0.25, 0.3) is 0 Å². The molecule has 3 atom stereocenters. The summed E-state index contributed by atoms with van der Waals surface area (Å²) in [6, 6.07) is -0.861. The maximum atomic E-state index is 13.6. The first-order valence-electron chi connectivity index (χ1n) is 32.4. The van der Waals surface area contributed by atoms with Gasteiger partial charge < -0.3 is 19.4 Å². The molecule has 0 aromatic carbocycles. The van der Waals surface area contributed by atoms with Gasteiger partial charge in [-0.15, -0.1) is 0 Å². The van der Waals surface area contributed by atoms with Gasteiger partial charge in [-0.05, 0) is 109 Å². The smallest absolute Gasteiger partial charge is 0.456 e. The predicted molar refractivity (Wildman–Crippen MR) is 337 cm³/mol. The van der Waals surface area contributed by atoms with Crippen LogP contribution in [0.5, 0.6) is 0 Å². The van der Waals surface area contributed by atoms with Gasteiger partial charge >= 0.3 is 13.8 Å². The molecule has 0 saturated carbocycles. The molecule has 0 aromatic rings. The van der Waals surface area contributed by atoms with Crippen LogP contribution in [0, 0.1) is 0 Å². The molecule has 0 aliphatic heterocycles. The van der Waals surface area contributed by atoms with Crippen LogP contribution in [0.4, 0.5) is 0 Å². The number of nitrogens with zero attached hydrogens (tertiary/aromatic N) is 1. The third-order valence-corrected chi connectivity index (χ3v) is 15.0. The molecule has 0 radical (unpaired) electrons. The highest BCUT2D eigenvalue weighted by molar-refractivity contribution is 7.47. The normalized spacial score (nSPS) is 14.2. The number of nitrogens with one attached hydrogen (secondary N) is 1. The first kappa shape index (κ1) is 75.2. The van der Waals surface area contributed by atoms with Gasteiger partial charge in [0, 0.05) is 12.8 Å². The van der Waals surface area contributed by atoms with Crippen LogP contribution < -0.4 is 5.32 Å². The Kier molecular flexibility index (Phi) is 55.4. The number of phosphoric ester groups is 1. The number of unbranched alkanes of at least 4 members (excludes halogenated alkanes) is 30. The van der Waals surface area contributed by atoms with Gasteiger partial charge in [-0.1, -0.05) is 247 Å². The molecule has 1 amide bonds. The molecular formula is C68H124N2O7P+. The lowest BCUT2D eigenvalue weighted by Crippen LogP contribution is -2.47. The van der Waals surface area contributed by atoms with Crippen LogP contribution >= 0.6 is 7.82 Å². The molecule has 10 heteroatoms. The van der Waals surface area contributed by atoms with E-state index in [0.29, 0.717) is 17.4 Å². The minimum atomic E-state index is -4.46. The summed E-state index contributed by atoms with van der Waals surface area (Å²) < 4.78 is 30.7. The molecule has 452 valence electrons. The number of amides is 1. The zero-order valence-corrected chi connectivity index (χ0v) is 52.5. The molecule has 3 unspecified atom stereocenters. The highest BCUT2D eigenvalue weighted by Gasteiger charge is 2.30. The summed E-state index contributed by atoms with van der Waals surface area (Å²) in [5.41, 5.74) is 0. The van der Waals surface area contributed by atoms with Gasteiger partial charge in [0.2, 0.25) is 5.91 Å². The first-order valence-corrected chi connectivity index (χ1v) is 33.9. The molecule has 0 fully saturated rings. The van der Waals surface area contributed by atoms with Gasteiger partial charge in [0.05, 0.1) is 33.8 Å². The summed E-state index contributed by atoms with van der Waals surface area (Å²) in [5, 5.41) is 3.05. The summed E-state index contributed by atoms with van der Waals surface area (Å²) in [6.45, 7) is 6.95. The number of hydrogen-bond donors (Lipinski definition) is 2.